The Bertz CT molecular complexity index is 433. The van der Waals surface area contributed by atoms with E-state index in [1.807, 2.05) is 6.92 Å². The van der Waals surface area contributed by atoms with Gasteiger partial charge in [0.2, 0.25) is 0 Å². The van der Waals surface area contributed by atoms with Gasteiger partial charge in [-0.1, -0.05) is 24.8 Å². The Morgan fingerprint density at radius 1 is 1.33 bits per heavy atom. The van der Waals surface area contributed by atoms with Crippen molar-refractivity contribution in [3.05, 3.63) is 11.5 Å². The number of nitrogens with one attached hydrogen (secondary N) is 1. The van der Waals surface area contributed by atoms with Gasteiger partial charge in [-0.3, -0.25) is 5.10 Å². The molecule has 2 rings (SSSR count). The molecule has 0 unspecified atom stereocenters. The van der Waals surface area contributed by atoms with Crippen LogP contribution in [0, 0.1) is 0 Å². The lowest BCUT2D eigenvalue weighted by Crippen LogP contribution is -1.88. The number of hydrogen-bond donors (Lipinski definition) is 1. The quantitative estimate of drug-likeness (QED) is 0.858. The van der Waals surface area contributed by atoms with Crippen LogP contribution in [-0.2, 0) is 12.8 Å². The summed E-state index contributed by atoms with van der Waals surface area (Å²) in [7, 11) is 0. The van der Waals surface area contributed by atoms with Gasteiger partial charge in [0.1, 0.15) is 10.7 Å². The van der Waals surface area contributed by atoms with Crippen LogP contribution < -0.4 is 0 Å². The molecule has 0 fully saturated rings. The van der Waals surface area contributed by atoms with Crippen LogP contribution in [0.1, 0.15) is 31.8 Å². The van der Waals surface area contributed by atoms with Crippen molar-refractivity contribution < 1.29 is 0 Å². The van der Waals surface area contributed by atoms with Gasteiger partial charge in [0.25, 0.3) is 0 Å². The fourth-order valence-corrected chi connectivity index (χ4v) is 1.98. The lowest BCUT2D eigenvalue weighted by Gasteiger charge is -1.92. The predicted octanol–water partition coefficient (Wildman–Crippen LogP) is 1.84. The van der Waals surface area contributed by atoms with Gasteiger partial charge in [-0.25, -0.2) is 4.98 Å². The molecule has 0 aromatic carbocycles. The molecule has 0 radical (unpaired) electrons. The fourth-order valence-electron chi connectivity index (χ4n) is 1.33. The first kappa shape index (κ1) is 10.2. The number of rotatable bonds is 4. The Balaban J connectivity index is 2.31. The Kier molecular flexibility index (Phi) is 3.05. The zero-order chi connectivity index (χ0) is 10.7. The maximum Gasteiger partial charge on any atom is 0.194 e. The average molecular weight is 223 g/mol. The number of H-pyrrole nitrogens is 1. The summed E-state index contributed by atoms with van der Waals surface area (Å²) in [5.74, 6) is 1.63. The van der Waals surface area contributed by atoms with Crippen molar-refractivity contribution in [1.29, 1.82) is 0 Å². The number of aromatic amines is 1. The van der Waals surface area contributed by atoms with Gasteiger partial charge < -0.3 is 0 Å². The number of aryl methyl sites for hydroxylation is 2. The first-order chi connectivity index (χ1) is 7.35. The summed E-state index contributed by atoms with van der Waals surface area (Å²) in [6.07, 6.45) is 2.85. The van der Waals surface area contributed by atoms with Crippen LogP contribution in [0.5, 0.6) is 0 Å². The van der Waals surface area contributed by atoms with Crippen LogP contribution in [0.15, 0.2) is 0 Å². The summed E-state index contributed by atoms with van der Waals surface area (Å²) in [4.78, 5) is 5.37. The molecule has 2 aromatic rings. The van der Waals surface area contributed by atoms with Crippen molar-refractivity contribution in [3.63, 3.8) is 0 Å². The van der Waals surface area contributed by atoms with Crippen molar-refractivity contribution in [3.8, 4) is 10.7 Å². The molecule has 0 aliphatic heterocycles. The molecule has 15 heavy (non-hydrogen) atoms. The standard InChI is InChI=1S/C9H13N5S/c1-3-5-6-8(15-14-11-6)9-10-7(4-2)12-13-9/h3-5H2,1-2H3,(H,10,12,13). The molecular formula is C9H13N5S. The molecule has 6 heteroatoms. The van der Waals surface area contributed by atoms with E-state index in [0.717, 1.165) is 41.5 Å². The molecule has 2 heterocycles. The first-order valence-corrected chi connectivity index (χ1v) is 5.85. The lowest BCUT2D eigenvalue weighted by atomic mass is 10.2. The fraction of sp³-hybridized carbons (Fsp3) is 0.556. The largest absolute Gasteiger partial charge is 0.263 e. The van der Waals surface area contributed by atoms with E-state index in [4.69, 9.17) is 0 Å². The smallest absolute Gasteiger partial charge is 0.194 e. The van der Waals surface area contributed by atoms with E-state index >= 15 is 0 Å². The van der Waals surface area contributed by atoms with Gasteiger partial charge >= 0.3 is 0 Å². The minimum Gasteiger partial charge on any atom is -0.263 e. The minimum atomic E-state index is 0.727. The molecule has 0 saturated heterocycles. The molecule has 0 amide bonds. The van der Waals surface area contributed by atoms with Gasteiger partial charge in [-0.2, -0.15) is 5.10 Å². The van der Waals surface area contributed by atoms with E-state index < -0.39 is 0 Å². The highest BCUT2D eigenvalue weighted by Crippen LogP contribution is 2.23. The number of hydrogen-bond acceptors (Lipinski definition) is 5. The monoisotopic (exact) mass is 223 g/mol. The third-order valence-corrected chi connectivity index (χ3v) is 2.88. The topological polar surface area (TPSA) is 67.3 Å². The molecule has 80 valence electrons. The molecule has 0 bridgehead atoms. The molecular weight excluding hydrogens is 210 g/mol. The molecule has 2 aromatic heterocycles. The second-order valence-corrected chi connectivity index (χ2v) is 4.01. The Morgan fingerprint density at radius 3 is 2.87 bits per heavy atom. The van der Waals surface area contributed by atoms with E-state index in [-0.39, 0.29) is 0 Å². The van der Waals surface area contributed by atoms with Crippen molar-refractivity contribution in [2.24, 2.45) is 0 Å². The second-order valence-electron chi connectivity index (χ2n) is 3.26. The van der Waals surface area contributed by atoms with Crippen molar-refractivity contribution >= 4 is 11.5 Å². The molecule has 0 saturated carbocycles. The van der Waals surface area contributed by atoms with Gasteiger partial charge in [0, 0.05) is 6.42 Å². The van der Waals surface area contributed by atoms with Crippen molar-refractivity contribution in [2.75, 3.05) is 0 Å². The minimum absolute atomic E-state index is 0.727. The summed E-state index contributed by atoms with van der Waals surface area (Å²) in [6.45, 7) is 4.17. The summed E-state index contributed by atoms with van der Waals surface area (Å²) in [5, 5.41) is 11.2. The lowest BCUT2D eigenvalue weighted by molar-refractivity contribution is 0.870. The number of nitrogens with zero attached hydrogens (tertiary/aromatic N) is 4. The first-order valence-electron chi connectivity index (χ1n) is 5.08. The Labute approximate surface area is 92.1 Å². The van der Waals surface area contributed by atoms with E-state index in [9.17, 15) is 0 Å². The molecule has 1 N–H and O–H groups in total. The zero-order valence-corrected chi connectivity index (χ0v) is 9.63. The van der Waals surface area contributed by atoms with Crippen LogP contribution in [0.3, 0.4) is 0 Å². The average Bonchev–Trinajstić information content (AvgIpc) is 2.85. The highest BCUT2D eigenvalue weighted by Gasteiger charge is 2.13. The summed E-state index contributed by atoms with van der Waals surface area (Å²) < 4.78 is 3.95. The maximum atomic E-state index is 4.38. The molecule has 0 aliphatic rings. The molecule has 0 spiro atoms. The molecule has 0 atom stereocenters. The zero-order valence-electron chi connectivity index (χ0n) is 8.82. The summed E-state index contributed by atoms with van der Waals surface area (Å²) >= 11 is 1.36. The normalized spacial score (nSPS) is 10.8. The maximum absolute atomic E-state index is 4.38. The second kappa shape index (κ2) is 4.48. The van der Waals surface area contributed by atoms with Crippen LogP contribution in [0.25, 0.3) is 10.7 Å². The van der Waals surface area contributed by atoms with Gasteiger partial charge in [-0.15, -0.1) is 5.10 Å². The van der Waals surface area contributed by atoms with E-state index in [1.165, 1.54) is 11.5 Å². The van der Waals surface area contributed by atoms with Gasteiger partial charge in [-0.05, 0) is 18.0 Å². The summed E-state index contributed by atoms with van der Waals surface area (Å²) in [5.41, 5.74) is 1.00. The van der Waals surface area contributed by atoms with Crippen LogP contribution in [0.2, 0.25) is 0 Å². The third kappa shape index (κ3) is 2.04. The van der Waals surface area contributed by atoms with E-state index in [2.05, 4.69) is 31.7 Å². The van der Waals surface area contributed by atoms with Crippen LogP contribution >= 0.6 is 11.5 Å². The van der Waals surface area contributed by atoms with E-state index in [1.54, 1.807) is 0 Å². The SMILES string of the molecule is CCCc1nnsc1-c1n[nH]c(CC)n1. The molecule has 5 nitrogen and oxygen atoms in total. The number of aromatic nitrogens is 5. The van der Waals surface area contributed by atoms with Gasteiger partial charge in [0.05, 0.1) is 5.69 Å². The van der Waals surface area contributed by atoms with Crippen molar-refractivity contribution in [1.82, 2.24) is 24.8 Å². The Hall–Kier alpha value is -1.30. The Morgan fingerprint density at radius 2 is 2.20 bits per heavy atom. The summed E-state index contributed by atoms with van der Waals surface area (Å²) in [6, 6.07) is 0. The third-order valence-electron chi connectivity index (χ3n) is 2.11. The van der Waals surface area contributed by atoms with Crippen LogP contribution in [-0.4, -0.2) is 24.8 Å². The predicted molar refractivity (Wildman–Crippen MR) is 58.7 cm³/mol. The van der Waals surface area contributed by atoms with Gasteiger partial charge in [0.15, 0.2) is 5.82 Å². The van der Waals surface area contributed by atoms with Crippen LogP contribution in [0.4, 0.5) is 0 Å². The highest BCUT2D eigenvalue weighted by atomic mass is 32.1. The highest BCUT2D eigenvalue weighted by molar-refractivity contribution is 7.09. The van der Waals surface area contributed by atoms with E-state index in [0.29, 0.717) is 0 Å². The molecule has 0 aliphatic carbocycles. The van der Waals surface area contributed by atoms with Crippen molar-refractivity contribution in [2.45, 2.75) is 33.1 Å².